The fourth-order valence-electron chi connectivity index (χ4n) is 3.93. The monoisotopic (exact) mass is 508 g/mol. The number of methoxy groups -OCH3 is 2. The highest BCUT2D eigenvalue weighted by Gasteiger charge is 2.37. The van der Waals surface area contributed by atoms with Gasteiger partial charge in [-0.3, -0.25) is 9.59 Å². The first-order chi connectivity index (χ1) is 18.0. The molecule has 0 amide bonds. The summed E-state index contributed by atoms with van der Waals surface area (Å²) in [4.78, 5) is 22.1. The zero-order valence-corrected chi connectivity index (χ0v) is 21.1. The smallest absolute Gasteiger partial charge is 0.306 e. The lowest BCUT2D eigenvalue weighted by Crippen LogP contribution is -2.34. The van der Waals surface area contributed by atoms with Gasteiger partial charge in [0, 0.05) is 0 Å². The van der Waals surface area contributed by atoms with Crippen LogP contribution in [0.4, 0.5) is 0 Å². The molecule has 0 saturated carbocycles. The topological polar surface area (TPSA) is 101 Å². The largest absolute Gasteiger partial charge is 0.497 e. The van der Waals surface area contributed by atoms with Gasteiger partial charge in [-0.05, 0) is 41.0 Å². The number of hydrogen-bond acceptors (Lipinski definition) is 7. The number of esters is 1. The van der Waals surface area contributed by atoms with Gasteiger partial charge in [-0.1, -0.05) is 54.6 Å². The minimum absolute atomic E-state index is 0.0409. The van der Waals surface area contributed by atoms with Crippen LogP contribution < -0.4 is 9.47 Å². The molecule has 0 unspecified atom stereocenters. The number of carboxylic acid groups (broad SMARTS) is 1. The van der Waals surface area contributed by atoms with Crippen LogP contribution in [0.3, 0.4) is 0 Å². The number of rotatable bonds is 15. The van der Waals surface area contributed by atoms with Crippen molar-refractivity contribution >= 4 is 11.9 Å². The van der Waals surface area contributed by atoms with Crippen LogP contribution in [0.2, 0.25) is 0 Å². The van der Waals surface area contributed by atoms with Gasteiger partial charge in [0.1, 0.15) is 23.7 Å². The van der Waals surface area contributed by atoms with Crippen LogP contribution in [-0.4, -0.2) is 57.7 Å². The Bertz CT molecular complexity index is 1060. The van der Waals surface area contributed by atoms with E-state index in [4.69, 9.17) is 28.8 Å². The highest BCUT2D eigenvalue weighted by atomic mass is 16.6. The van der Waals surface area contributed by atoms with Gasteiger partial charge in [-0.2, -0.15) is 0 Å². The summed E-state index contributed by atoms with van der Waals surface area (Å²) in [6, 6.07) is 25.4. The van der Waals surface area contributed by atoms with Crippen LogP contribution in [0.5, 0.6) is 11.5 Å². The van der Waals surface area contributed by atoms with Gasteiger partial charge in [0.25, 0.3) is 0 Å². The van der Waals surface area contributed by atoms with E-state index in [1.54, 1.807) is 14.2 Å². The minimum Gasteiger partial charge on any atom is -0.497 e. The van der Waals surface area contributed by atoms with Gasteiger partial charge in [-0.15, -0.1) is 0 Å². The summed E-state index contributed by atoms with van der Waals surface area (Å²) in [6.07, 6.45) is -0.423. The van der Waals surface area contributed by atoms with Crippen molar-refractivity contribution in [3.63, 3.8) is 0 Å². The Labute approximate surface area is 216 Å². The number of hydrogen-bond donors (Lipinski definition) is 1. The molecule has 0 aliphatic rings. The highest BCUT2D eigenvalue weighted by molar-refractivity contribution is 5.76. The maximum Gasteiger partial charge on any atom is 0.306 e. The Morgan fingerprint density at radius 3 is 1.70 bits per heavy atom. The quantitative estimate of drug-likeness (QED) is 0.183. The summed E-state index contributed by atoms with van der Waals surface area (Å²) in [5.74, 6) is -0.131. The molecule has 0 aromatic heterocycles. The van der Waals surface area contributed by atoms with Crippen LogP contribution in [0, 0.1) is 0 Å². The molecule has 8 nitrogen and oxygen atoms in total. The van der Waals surface area contributed by atoms with Crippen LogP contribution >= 0.6 is 0 Å². The van der Waals surface area contributed by atoms with Crippen molar-refractivity contribution in [2.24, 2.45) is 0 Å². The lowest BCUT2D eigenvalue weighted by molar-refractivity contribution is -0.149. The first kappa shape index (κ1) is 27.7. The lowest BCUT2D eigenvalue weighted by Gasteiger charge is -2.36. The molecule has 1 N–H and O–H groups in total. The molecular weight excluding hydrogens is 476 g/mol. The standard InChI is InChI=1S/C29H32O8/c1-33-25-12-8-23(9-13-25)29(22-6-4-3-5-7-22,24-10-14-26(34-2)15-11-24)37-21-19-35-18-20-36-28(32)17-16-27(30)31/h3-15H,16-21H2,1-2H3,(H,30,31). The second-order valence-electron chi connectivity index (χ2n) is 8.08. The Hall–Kier alpha value is -3.88. The molecule has 0 heterocycles. The lowest BCUT2D eigenvalue weighted by atomic mass is 9.80. The fraction of sp³-hybridized carbons (Fsp3) is 0.310. The maximum atomic E-state index is 11.5. The number of benzene rings is 3. The van der Waals surface area contributed by atoms with Gasteiger partial charge in [-0.25, -0.2) is 0 Å². The fourth-order valence-corrected chi connectivity index (χ4v) is 3.93. The third kappa shape index (κ3) is 7.55. The summed E-state index contributed by atoms with van der Waals surface area (Å²) in [5, 5.41) is 8.64. The normalized spacial score (nSPS) is 11.1. The number of ether oxygens (including phenoxy) is 5. The van der Waals surface area contributed by atoms with Crippen molar-refractivity contribution in [3.8, 4) is 11.5 Å². The highest BCUT2D eigenvalue weighted by Crippen LogP contribution is 2.41. The van der Waals surface area contributed by atoms with E-state index in [9.17, 15) is 9.59 Å². The molecule has 0 atom stereocenters. The summed E-state index contributed by atoms with van der Waals surface area (Å²) in [6.45, 7) is 0.721. The Balaban J connectivity index is 1.77. The van der Waals surface area contributed by atoms with Gasteiger partial charge in [0.05, 0.1) is 46.9 Å². The van der Waals surface area contributed by atoms with Crippen LogP contribution in [0.15, 0.2) is 78.9 Å². The molecule has 0 aliphatic carbocycles. The predicted octanol–water partition coefficient (Wildman–Crippen LogP) is 4.44. The second kappa shape index (κ2) is 14.0. The summed E-state index contributed by atoms with van der Waals surface area (Å²) >= 11 is 0. The van der Waals surface area contributed by atoms with E-state index in [2.05, 4.69) is 0 Å². The van der Waals surface area contributed by atoms with Crippen molar-refractivity contribution < 1.29 is 38.4 Å². The van der Waals surface area contributed by atoms with E-state index in [1.807, 2.05) is 78.9 Å². The third-order valence-electron chi connectivity index (χ3n) is 5.75. The molecular formula is C29H32O8. The van der Waals surface area contributed by atoms with Gasteiger partial charge in [0.2, 0.25) is 0 Å². The van der Waals surface area contributed by atoms with E-state index < -0.39 is 17.5 Å². The second-order valence-corrected chi connectivity index (χ2v) is 8.08. The van der Waals surface area contributed by atoms with Gasteiger partial charge in [0.15, 0.2) is 0 Å². The van der Waals surface area contributed by atoms with Gasteiger partial charge >= 0.3 is 11.9 Å². The predicted molar refractivity (Wildman–Crippen MR) is 137 cm³/mol. The van der Waals surface area contributed by atoms with E-state index in [-0.39, 0.29) is 39.3 Å². The van der Waals surface area contributed by atoms with Crippen molar-refractivity contribution in [2.45, 2.75) is 18.4 Å². The Kier molecular flexibility index (Phi) is 10.5. The minimum atomic E-state index is -1.04. The third-order valence-corrected chi connectivity index (χ3v) is 5.75. The molecule has 0 saturated heterocycles. The SMILES string of the molecule is COc1ccc(C(OCCOCCOC(=O)CCC(=O)O)(c2ccccc2)c2ccc(OC)cc2)cc1. The average molecular weight is 509 g/mol. The number of carbonyl (C=O) groups is 2. The van der Waals surface area contributed by atoms with Crippen molar-refractivity contribution in [3.05, 3.63) is 95.6 Å². The first-order valence-corrected chi connectivity index (χ1v) is 11.9. The molecule has 8 heteroatoms. The molecule has 0 radical (unpaired) electrons. The molecule has 37 heavy (non-hydrogen) atoms. The molecule has 3 aromatic rings. The molecule has 0 aliphatic heterocycles. The summed E-state index contributed by atoms with van der Waals surface area (Å²) < 4.78 is 28.0. The maximum absolute atomic E-state index is 11.5. The first-order valence-electron chi connectivity index (χ1n) is 11.9. The molecule has 0 bridgehead atoms. The average Bonchev–Trinajstić information content (AvgIpc) is 2.94. The zero-order chi connectivity index (χ0) is 26.5. The van der Waals surface area contributed by atoms with Crippen molar-refractivity contribution in [2.75, 3.05) is 40.6 Å². The van der Waals surface area contributed by atoms with E-state index in [0.717, 1.165) is 28.2 Å². The Morgan fingerprint density at radius 1 is 0.676 bits per heavy atom. The number of aliphatic carboxylic acids is 1. The van der Waals surface area contributed by atoms with E-state index in [0.29, 0.717) is 0 Å². The van der Waals surface area contributed by atoms with Gasteiger partial charge < -0.3 is 28.8 Å². The summed E-state index contributed by atoms with van der Waals surface area (Å²) in [7, 11) is 3.25. The van der Waals surface area contributed by atoms with Crippen LogP contribution in [0.25, 0.3) is 0 Å². The summed E-state index contributed by atoms with van der Waals surface area (Å²) in [5.41, 5.74) is 1.83. The van der Waals surface area contributed by atoms with Crippen LogP contribution in [0.1, 0.15) is 29.5 Å². The zero-order valence-electron chi connectivity index (χ0n) is 21.1. The molecule has 0 fully saturated rings. The van der Waals surface area contributed by atoms with Crippen molar-refractivity contribution in [1.82, 2.24) is 0 Å². The van der Waals surface area contributed by atoms with Crippen molar-refractivity contribution in [1.29, 1.82) is 0 Å². The molecule has 3 aromatic carbocycles. The molecule has 196 valence electrons. The number of carboxylic acids is 1. The number of carbonyl (C=O) groups excluding carboxylic acids is 1. The van der Waals surface area contributed by atoms with Crippen LogP contribution in [-0.2, 0) is 29.4 Å². The molecule has 0 spiro atoms. The Morgan fingerprint density at radius 2 is 1.19 bits per heavy atom. The molecule has 3 rings (SSSR count). The van der Waals surface area contributed by atoms with E-state index >= 15 is 0 Å². The van der Waals surface area contributed by atoms with E-state index in [1.165, 1.54) is 0 Å².